The van der Waals surface area contributed by atoms with Crippen LogP contribution in [0.3, 0.4) is 0 Å². The van der Waals surface area contributed by atoms with Crippen molar-refractivity contribution in [2.45, 2.75) is 31.3 Å². The van der Waals surface area contributed by atoms with Crippen LogP contribution in [0, 0.1) is 0 Å². The lowest BCUT2D eigenvalue weighted by atomic mass is 9.74. The van der Waals surface area contributed by atoms with E-state index in [1.54, 1.807) is 0 Å². The lowest BCUT2D eigenvalue weighted by molar-refractivity contribution is -0.124. The summed E-state index contributed by atoms with van der Waals surface area (Å²) in [5.74, 6) is 0.108. The van der Waals surface area contributed by atoms with Crippen molar-refractivity contribution in [2.75, 3.05) is 11.4 Å². The van der Waals surface area contributed by atoms with E-state index in [-0.39, 0.29) is 11.3 Å². The molecule has 4 aromatic rings. The molecule has 0 spiro atoms. The molecule has 0 radical (unpaired) electrons. The van der Waals surface area contributed by atoms with Gasteiger partial charge in [-0.3, -0.25) is 4.79 Å². The number of nitrogens with one attached hydrogen (secondary N) is 1. The first-order chi connectivity index (χ1) is 15.4. The Morgan fingerprint density at radius 2 is 1.69 bits per heavy atom. The Kier molecular flexibility index (Phi) is 3.89. The highest BCUT2D eigenvalue weighted by Crippen LogP contribution is 2.52. The van der Waals surface area contributed by atoms with Gasteiger partial charge in [0, 0.05) is 52.9 Å². The molecule has 0 bridgehead atoms. The average Bonchev–Trinajstić information content (AvgIpc) is 3.19. The normalized spacial score (nSPS) is 21.8. The van der Waals surface area contributed by atoms with Crippen LogP contribution in [0.15, 0.2) is 72.8 Å². The smallest absolute Gasteiger partial charge is 0.223 e. The van der Waals surface area contributed by atoms with Crippen molar-refractivity contribution in [2.24, 2.45) is 7.05 Å². The second-order valence-corrected chi connectivity index (χ2v) is 9.54. The summed E-state index contributed by atoms with van der Waals surface area (Å²) in [6.07, 6.45) is 4.89. The van der Waals surface area contributed by atoms with Gasteiger partial charge in [-0.25, -0.2) is 0 Å². The molecular formula is C28H27N3O. The minimum atomic E-state index is -0.584. The monoisotopic (exact) mass is 421 g/mol. The first kappa shape index (κ1) is 19.2. The molecule has 1 fully saturated rings. The zero-order chi connectivity index (χ0) is 22.1. The lowest BCUT2D eigenvalue weighted by Gasteiger charge is -2.49. The Labute approximate surface area is 188 Å². The third-order valence-corrected chi connectivity index (χ3v) is 7.59. The second-order valence-electron chi connectivity index (χ2n) is 9.54. The van der Waals surface area contributed by atoms with Gasteiger partial charge in [-0.1, -0.05) is 62.4 Å². The predicted molar refractivity (Wildman–Crippen MR) is 132 cm³/mol. The van der Waals surface area contributed by atoms with Crippen molar-refractivity contribution in [3.63, 3.8) is 0 Å². The molecule has 1 amide bonds. The SMILES string of the molecule is Cn1c2ccccc2c2cc(/C=C/[C@@]34NC(=O)CCN3c3ccccc3C4(C)C)ccc21. The van der Waals surface area contributed by atoms with Gasteiger partial charge in [0.15, 0.2) is 0 Å². The van der Waals surface area contributed by atoms with Gasteiger partial charge in [0.25, 0.3) is 0 Å². The molecule has 4 heteroatoms. The summed E-state index contributed by atoms with van der Waals surface area (Å²) in [5.41, 5.74) is 5.24. The van der Waals surface area contributed by atoms with Crippen LogP contribution in [0.2, 0.25) is 0 Å². The second kappa shape index (κ2) is 6.49. The summed E-state index contributed by atoms with van der Waals surface area (Å²) >= 11 is 0. The minimum Gasteiger partial charge on any atom is -0.344 e. The van der Waals surface area contributed by atoms with Gasteiger partial charge in [0.2, 0.25) is 5.91 Å². The molecular weight excluding hydrogens is 394 g/mol. The summed E-state index contributed by atoms with van der Waals surface area (Å²) in [5, 5.41) is 5.88. The maximum Gasteiger partial charge on any atom is 0.223 e. The van der Waals surface area contributed by atoms with E-state index in [4.69, 9.17) is 0 Å². The number of amides is 1. The maximum atomic E-state index is 12.6. The van der Waals surface area contributed by atoms with Crippen molar-refractivity contribution >= 4 is 39.5 Å². The van der Waals surface area contributed by atoms with Crippen LogP contribution < -0.4 is 10.2 Å². The Hall–Kier alpha value is -3.53. The number of benzene rings is 3. The van der Waals surface area contributed by atoms with Gasteiger partial charge in [-0.05, 0) is 41.5 Å². The van der Waals surface area contributed by atoms with Crippen LogP contribution in [0.1, 0.15) is 31.4 Å². The number of carbonyl (C=O) groups excluding carboxylic acids is 1. The summed E-state index contributed by atoms with van der Waals surface area (Å²) < 4.78 is 2.25. The number of anilines is 1. The molecule has 2 aliphatic rings. The number of para-hydroxylation sites is 2. The zero-order valence-corrected chi connectivity index (χ0v) is 18.7. The van der Waals surface area contributed by atoms with Crippen LogP contribution in [-0.2, 0) is 17.3 Å². The van der Waals surface area contributed by atoms with E-state index in [1.165, 1.54) is 33.1 Å². The molecule has 4 nitrogen and oxygen atoms in total. The van der Waals surface area contributed by atoms with Crippen molar-refractivity contribution in [3.05, 3.63) is 83.9 Å². The quantitative estimate of drug-likeness (QED) is 0.473. The largest absolute Gasteiger partial charge is 0.344 e. The van der Waals surface area contributed by atoms with Crippen LogP contribution in [0.25, 0.3) is 27.9 Å². The molecule has 160 valence electrons. The van der Waals surface area contributed by atoms with Crippen LogP contribution in [0.4, 0.5) is 5.69 Å². The molecule has 3 aromatic carbocycles. The van der Waals surface area contributed by atoms with Crippen molar-refractivity contribution in [1.29, 1.82) is 0 Å². The average molecular weight is 422 g/mol. The molecule has 1 aromatic heterocycles. The first-order valence-corrected chi connectivity index (χ1v) is 11.3. The van der Waals surface area contributed by atoms with E-state index >= 15 is 0 Å². The van der Waals surface area contributed by atoms with E-state index in [1.807, 2.05) is 0 Å². The fourth-order valence-corrected chi connectivity index (χ4v) is 5.83. The summed E-state index contributed by atoms with van der Waals surface area (Å²) in [6.45, 7) is 5.18. The minimum absolute atomic E-state index is 0.108. The third kappa shape index (κ3) is 2.41. The van der Waals surface area contributed by atoms with Gasteiger partial charge in [0.1, 0.15) is 5.66 Å². The third-order valence-electron chi connectivity index (χ3n) is 7.59. The summed E-state index contributed by atoms with van der Waals surface area (Å²) in [4.78, 5) is 15.0. The van der Waals surface area contributed by atoms with Crippen LogP contribution >= 0.6 is 0 Å². The van der Waals surface area contributed by atoms with E-state index < -0.39 is 5.66 Å². The number of hydrogen-bond donors (Lipinski definition) is 1. The maximum absolute atomic E-state index is 12.6. The number of nitrogens with zero attached hydrogens (tertiary/aromatic N) is 2. The Bertz CT molecular complexity index is 1430. The van der Waals surface area contributed by atoms with Gasteiger partial charge < -0.3 is 14.8 Å². The highest BCUT2D eigenvalue weighted by atomic mass is 16.2. The van der Waals surface area contributed by atoms with Crippen molar-refractivity contribution < 1.29 is 4.79 Å². The number of rotatable bonds is 2. The van der Waals surface area contributed by atoms with E-state index in [0.717, 1.165) is 12.1 Å². The lowest BCUT2D eigenvalue weighted by Crippen LogP contribution is -2.68. The Morgan fingerprint density at radius 3 is 2.56 bits per heavy atom. The highest BCUT2D eigenvalue weighted by molar-refractivity contribution is 6.08. The fraction of sp³-hybridized carbons (Fsp3) is 0.250. The topological polar surface area (TPSA) is 37.3 Å². The fourth-order valence-electron chi connectivity index (χ4n) is 5.83. The van der Waals surface area contributed by atoms with Crippen molar-refractivity contribution in [3.8, 4) is 0 Å². The molecule has 1 N–H and O–H groups in total. The summed E-state index contributed by atoms with van der Waals surface area (Å²) in [7, 11) is 2.12. The number of carbonyl (C=O) groups is 1. The summed E-state index contributed by atoms with van der Waals surface area (Å²) in [6, 6.07) is 23.7. The van der Waals surface area contributed by atoms with E-state index in [0.29, 0.717) is 6.42 Å². The molecule has 1 atom stereocenters. The molecule has 0 saturated carbocycles. The number of hydrogen-bond acceptors (Lipinski definition) is 2. The highest BCUT2D eigenvalue weighted by Gasteiger charge is 2.57. The number of aromatic nitrogens is 1. The number of fused-ring (bicyclic) bond motifs is 6. The van der Waals surface area contributed by atoms with Gasteiger partial charge in [-0.2, -0.15) is 0 Å². The first-order valence-electron chi connectivity index (χ1n) is 11.3. The van der Waals surface area contributed by atoms with E-state index in [2.05, 4.69) is 115 Å². The van der Waals surface area contributed by atoms with Crippen molar-refractivity contribution in [1.82, 2.24) is 9.88 Å². The van der Waals surface area contributed by atoms with Gasteiger partial charge in [0.05, 0.1) is 0 Å². The molecule has 0 aliphatic carbocycles. The van der Waals surface area contributed by atoms with Gasteiger partial charge >= 0.3 is 0 Å². The molecule has 3 heterocycles. The predicted octanol–water partition coefficient (Wildman–Crippen LogP) is 5.36. The Morgan fingerprint density at radius 1 is 0.938 bits per heavy atom. The standard InChI is InChI=1S/C28H27N3O/c1-27(2)22-9-5-7-11-25(22)31-17-15-26(32)29-28(27,31)16-14-19-12-13-24-21(18-19)20-8-4-6-10-23(20)30(24)3/h4-14,16,18H,15,17H2,1-3H3,(H,29,32)/b16-14+/t28-/m1/s1. The molecule has 2 aliphatic heterocycles. The van der Waals surface area contributed by atoms with Crippen LogP contribution in [-0.4, -0.2) is 22.7 Å². The van der Waals surface area contributed by atoms with Crippen LogP contribution in [0.5, 0.6) is 0 Å². The molecule has 32 heavy (non-hydrogen) atoms. The number of aryl methyl sites for hydroxylation is 1. The van der Waals surface area contributed by atoms with E-state index in [9.17, 15) is 4.79 Å². The van der Waals surface area contributed by atoms with Gasteiger partial charge in [-0.15, -0.1) is 0 Å². The molecule has 1 saturated heterocycles. The Balaban J connectivity index is 1.49. The molecule has 6 rings (SSSR count). The zero-order valence-electron chi connectivity index (χ0n) is 18.7. The molecule has 0 unspecified atom stereocenters.